The van der Waals surface area contributed by atoms with Gasteiger partial charge in [0.05, 0.1) is 6.61 Å². The van der Waals surface area contributed by atoms with Gasteiger partial charge in [-0.2, -0.15) is 0 Å². The number of aromatic amines is 1. The minimum Gasteiger partial charge on any atom is -0.396 e. The van der Waals surface area contributed by atoms with Gasteiger partial charge in [0.25, 0.3) is 0 Å². The van der Waals surface area contributed by atoms with Crippen LogP contribution < -0.4 is 5.32 Å². The zero-order chi connectivity index (χ0) is 11.4. The Morgan fingerprint density at radius 1 is 1.38 bits per heavy atom. The molecule has 1 amide bonds. The zero-order valence-electron chi connectivity index (χ0n) is 8.86. The first-order valence-electron chi connectivity index (χ1n) is 5.24. The first-order valence-corrected chi connectivity index (χ1v) is 5.24. The number of hydrogen-bond donors (Lipinski definition) is 3. The summed E-state index contributed by atoms with van der Waals surface area (Å²) in [5.41, 5.74) is 2.12. The summed E-state index contributed by atoms with van der Waals surface area (Å²) in [4.78, 5) is 14.3. The lowest BCUT2D eigenvalue weighted by Gasteiger charge is -2.02. The molecule has 4 heteroatoms. The molecule has 0 radical (unpaired) electrons. The van der Waals surface area contributed by atoms with E-state index in [0.717, 1.165) is 16.5 Å². The molecule has 0 unspecified atom stereocenters. The van der Waals surface area contributed by atoms with E-state index in [1.165, 1.54) is 0 Å². The Kier molecular flexibility index (Phi) is 3.22. The molecule has 0 saturated heterocycles. The van der Waals surface area contributed by atoms with Crippen LogP contribution in [0.25, 0.3) is 10.9 Å². The number of amides is 1. The molecule has 0 aliphatic carbocycles. The third-order valence-electron chi connectivity index (χ3n) is 2.49. The number of rotatable bonds is 4. The van der Waals surface area contributed by atoms with Gasteiger partial charge in [-0.15, -0.1) is 0 Å². The Morgan fingerprint density at radius 2 is 2.19 bits per heavy atom. The third-order valence-corrected chi connectivity index (χ3v) is 2.49. The van der Waals surface area contributed by atoms with E-state index in [0.29, 0.717) is 6.54 Å². The molecule has 1 aromatic heterocycles. The molecule has 2 aromatic rings. The van der Waals surface area contributed by atoms with E-state index >= 15 is 0 Å². The molecule has 0 spiro atoms. The number of fused-ring (bicyclic) bond motifs is 1. The summed E-state index contributed by atoms with van der Waals surface area (Å²) in [5.74, 6) is -0.132. The second-order valence-corrected chi connectivity index (χ2v) is 3.61. The molecule has 0 saturated carbocycles. The van der Waals surface area contributed by atoms with Crippen molar-refractivity contribution >= 4 is 16.8 Å². The standard InChI is InChI=1S/C12H14N2O2/c15-6-5-12(16)14-8-9-7-13-11-4-2-1-3-10(9)11/h1-4,7,13,15H,5-6,8H2,(H,14,16). The summed E-state index contributed by atoms with van der Waals surface area (Å²) in [6.07, 6.45) is 2.05. The van der Waals surface area contributed by atoms with Crippen molar-refractivity contribution in [3.63, 3.8) is 0 Å². The maximum atomic E-state index is 11.2. The molecule has 0 aliphatic rings. The maximum absolute atomic E-state index is 11.2. The predicted molar refractivity (Wildman–Crippen MR) is 61.8 cm³/mol. The number of aliphatic hydroxyl groups excluding tert-OH is 1. The van der Waals surface area contributed by atoms with Crippen LogP contribution in [0.2, 0.25) is 0 Å². The van der Waals surface area contributed by atoms with Crippen molar-refractivity contribution in [3.8, 4) is 0 Å². The van der Waals surface area contributed by atoms with Gasteiger partial charge in [0.2, 0.25) is 5.91 Å². The summed E-state index contributed by atoms with van der Waals surface area (Å²) in [6, 6.07) is 7.94. The Balaban J connectivity index is 2.07. The van der Waals surface area contributed by atoms with Crippen molar-refractivity contribution in [2.45, 2.75) is 13.0 Å². The fourth-order valence-electron chi connectivity index (χ4n) is 1.66. The highest BCUT2D eigenvalue weighted by molar-refractivity contribution is 5.83. The fourth-order valence-corrected chi connectivity index (χ4v) is 1.66. The molecular weight excluding hydrogens is 204 g/mol. The van der Waals surface area contributed by atoms with E-state index in [-0.39, 0.29) is 18.9 Å². The van der Waals surface area contributed by atoms with Crippen molar-refractivity contribution in [1.29, 1.82) is 0 Å². The number of carbonyl (C=O) groups excluding carboxylic acids is 1. The van der Waals surface area contributed by atoms with Crippen molar-refractivity contribution < 1.29 is 9.90 Å². The number of hydrogen-bond acceptors (Lipinski definition) is 2. The molecule has 16 heavy (non-hydrogen) atoms. The van der Waals surface area contributed by atoms with Crippen LogP contribution in [0.4, 0.5) is 0 Å². The second-order valence-electron chi connectivity index (χ2n) is 3.61. The maximum Gasteiger partial charge on any atom is 0.222 e. The van der Waals surface area contributed by atoms with Crippen LogP contribution in [-0.2, 0) is 11.3 Å². The van der Waals surface area contributed by atoms with Gasteiger partial charge in [-0.05, 0) is 11.6 Å². The fraction of sp³-hybridized carbons (Fsp3) is 0.250. The first kappa shape index (κ1) is 10.7. The molecule has 0 atom stereocenters. The number of benzene rings is 1. The summed E-state index contributed by atoms with van der Waals surface area (Å²) in [7, 11) is 0. The van der Waals surface area contributed by atoms with Crippen molar-refractivity contribution in [1.82, 2.24) is 10.3 Å². The van der Waals surface area contributed by atoms with E-state index in [1.807, 2.05) is 30.5 Å². The molecule has 2 rings (SSSR count). The minimum atomic E-state index is -0.132. The Morgan fingerprint density at radius 3 is 3.00 bits per heavy atom. The Bertz CT molecular complexity index is 490. The van der Waals surface area contributed by atoms with E-state index in [1.54, 1.807) is 0 Å². The van der Waals surface area contributed by atoms with Gasteiger partial charge in [-0.1, -0.05) is 18.2 Å². The number of nitrogens with one attached hydrogen (secondary N) is 2. The van der Waals surface area contributed by atoms with Gasteiger partial charge < -0.3 is 15.4 Å². The highest BCUT2D eigenvalue weighted by atomic mass is 16.3. The van der Waals surface area contributed by atoms with Gasteiger partial charge in [-0.25, -0.2) is 0 Å². The molecule has 4 nitrogen and oxygen atoms in total. The SMILES string of the molecule is O=C(CCO)NCc1c[nH]c2ccccc12. The lowest BCUT2D eigenvalue weighted by molar-refractivity contribution is -0.121. The summed E-state index contributed by atoms with van der Waals surface area (Å²) in [6.45, 7) is 0.378. The Hall–Kier alpha value is -1.81. The summed E-state index contributed by atoms with van der Waals surface area (Å²) in [5, 5.41) is 12.5. The van der Waals surface area contributed by atoms with Crippen LogP contribution in [0.15, 0.2) is 30.5 Å². The zero-order valence-corrected chi connectivity index (χ0v) is 8.86. The normalized spacial score (nSPS) is 10.6. The van der Waals surface area contributed by atoms with E-state index in [9.17, 15) is 4.79 Å². The van der Waals surface area contributed by atoms with Crippen molar-refractivity contribution in [2.24, 2.45) is 0 Å². The van der Waals surface area contributed by atoms with Gasteiger partial charge in [-0.3, -0.25) is 4.79 Å². The summed E-state index contributed by atoms with van der Waals surface area (Å²) >= 11 is 0. The topological polar surface area (TPSA) is 65.1 Å². The van der Waals surface area contributed by atoms with Crippen molar-refractivity contribution in [3.05, 3.63) is 36.0 Å². The number of aromatic nitrogens is 1. The van der Waals surface area contributed by atoms with E-state index in [4.69, 9.17) is 5.11 Å². The van der Waals surface area contributed by atoms with Gasteiger partial charge in [0.15, 0.2) is 0 Å². The lowest BCUT2D eigenvalue weighted by atomic mass is 10.2. The van der Waals surface area contributed by atoms with Gasteiger partial charge >= 0.3 is 0 Å². The number of aliphatic hydroxyl groups is 1. The van der Waals surface area contributed by atoms with E-state index < -0.39 is 0 Å². The van der Waals surface area contributed by atoms with Gasteiger partial charge in [0.1, 0.15) is 0 Å². The monoisotopic (exact) mass is 218 g/mol. The number of para-hydroxylation sites is 1. The minimum absolute atomic E-state index is 0.111. The highest BCUT2D eigenvalue weighted by Crippen LogP contribution is 2.17. The first-order chi connectivity index (χ1) is 7.81. The molecule has 1 aromatic carbocycles. The smallest absolute Gasteiger partial charge is 0.222 e. The van der Waals surface area contributed by atoms with Crippen LogP contribution in [0.3, 0.4) is 0 Å². The van der Waals surface area contributed by atoms with E-state index in [2.05, 4.69) is 10.3 Å². The Labute approximate surface area is 93.3 Å². The van der Waals surface area contributed by atoms with Crippen LogP contribution in [0, 0.1) is 0 Å². The van der Waals surface area contributed by atoms with Crippen LogP contribution in [-0.4, -0.2) is 22.6 Å². The molecule has 1 heterocycles. The highest BCUT2D eigenvalue weighted by Gasteiger charge is 2.04. The van der Waals surface area contributed by atoms with Crippen LogP contribution in [0.1, 0.15) is 12.0 Å². The average Bonchev–Trinajstić information content (AvgIpc) is 2.70. The van der Waals surface area contributed by atoms with Crippen LogP contribution >= 0.6 is 0 Å². The molecule has 0 fully saturated rings. The third kappa shape index (κ3) is 2.23. The quantitative estimate of drug-likeness (QED) is 0.721. The molecule has 3 N–H and O–H groups in total. The molecule has 0 bridgehead atoms. The molecule has 84 valence electrons. The number of carbonyl (C=O) groups is 1. The molecule has 0 aliphatic heterocycles. The lowest BCUT2D eigenvalue weighted by Crippen LogP contribution is -2.23. The number of H-pyrrole nitrogens is 1. The second kappa shape index (κ2) is 4.81. The van der Waals surface area contributed by atoms with Gasteiger partial charge in [0, 0.05) is 30.1 Å². The largest absolute Gasteiger partial charge is 0.396 e. The molecular formula is C12H14N2O2. The summed E-state index contributed by atoms with van der Waals surface area (Å²) < 4.78 is 0. The van der Waals surface area contributed by atoms with Crippen molar-refractivity contribution in [2.75, 3.05) is 6.61 Å². The predicted octanol–water partition coefficient (Wildman–Crippen LogP) is 1.17. The van der Waals surface area contributed by atoms with Crippen LogP contribution in [0.5, 0.6) is 0 Å². The average molecular weight is 218 g/mol.